The Hall–Kier alpha value is -4.19. The molecule has 1 fully saturated rings. The van der Waals surface area contributed by atoms with E-state index < -0.39 is 34.6 Å². The third kappa shape index (κ3) is 5.75. The van der Waals surface area contributed by atoms with Gasteiger partial charge < -0.3 is 35.1 Å². The largest absolute Gasteiger partial charge is 0.478 e. The first kappa shape index (κ1) is 30.3. The summed E-state index contributed by atoms with van der Waals surface area (Å²) in [5, 5.41) is 20.3. The number of hydrogen-bond acceptors (Lipinski definition) is 7. The number of hydrogen-bond donors (Lipinski definition) is 3. The van der Waals surface area contributed by atoms with Crippen molar-refractivity contribution in [3.63, 3.8) is 0 Å². The average Bonchev–Trinajstić information content (AvgIpc) is 2.99. The zero-order valence-electron chi connectivity index (χ0n) is 22.8. The van der Waals surface area contributed by atoms with Crippen LogP contribution in [0.15, 0.2) is 42.6 Å². The zero-order valence-corrected chi connectivity index (χ0v) is 24.4. The van der Waals surface area contributed by atoms with E-state index in [4.69, 9.17) is 38.1 Å². The molecule has 0 bridgehead atoms. The van der Waals surface area contributed by atoms with Crippen LogP contribution in [0.4, 0.5) is 14.5 Å². The predicted octanol–water partition coefficient (Wildman–Crippen LogP) is 5.68. The van der Waals surface area contributed by atoms with Crippen molar-refractivity contribution < 1.29 is 33.0 Å². The molecule has 2 aliphatic heterocycles. The molecule has 1 amide bonds. The highest BCUT2D eigenvalue weighted by molar-refractivity contribution is 6.40. The van der Waals surface area contributed by atoms with E-state index >= 15 is 8.78 Å². The van der Waals surface area contributed by atoms with Crippen LogP contribution in [-0.2, 0) is 11.3 Å². The molecule has 0 spiro atoms. The summed E-state index contributed by atoms with van der Waals surface area (Å²) in [7, 11) is 1.68. The fourth-order valence-corrected chi connectivity index (χ4v) is 5.83. The topological polar surface area (TPSA) is 115 Å². The summed E-state index contributed by atoms with van der Waals surface area (Å²) in [5.74, 6) is -3.89. The minimum atomic E-state index is -1.45. The molecular formula is C30H26Cl2F2N4O5. The number of carboxylic acid groups (broad SMARTS) is 1. The fourth-order valence-electron chi connectivity index (χ4n) is 5.18. The highest BCUT2D eigenvalue weighted by Gasteiger charge is 2.32. The number of carbonyl (C=O) groups excluding carboxylic acids is 1. The standard InChI is InChI=1S/C30H26Cl2F2N4O5/c1-36-13-18(12-35)17-9-21(31)25(22(32)10-17)29(39)38-14-16-3-2-4-19(28(16)43-15-38)24-23(33)11-20(30(40)41)27(26(24)34)37-5-7-42-8-6-37/h2-4,9-13,35-36H,5-8,14-15H2,1H3,(H,40,41)/b18-13+,35-12?. The Kier molecular flexibility index (Phi) is 8.86. The molecule has 9 nitrogen and oxygen atoms in total. The first-order valence-corrected chi connectivity index (χ1v) is 13.9. The number of morpholine rings is 1. The van der Waals surface area contributed by atoms with Gasteiger partial charge in [-0.3, -0.25) is 4.79 Å². The molecular weight excluding hydrogens is 605 g/mol. The Morgan fingerprint density at radius 2 is 1.81 bits per heavy atom. The van der Waals surface area contributed by atoms with Gasteiger partial charge in [-0.2, -0.15) is 0 Å². The highest BCUT2D eigenvalue weighted by Crippen LogP contribution is 2.43. The first-order chi connectivity index (χ1) is 20.7. The Morgan fingerprint density at radius 1 is 1.12 bits per heavy atom. The van der Waals surface area contributed by atoms with Gasteiger partial charge in [-0.25, -0.2) is 13.6 Å². The second kappa shape index (κ2) is 12.6. The highest BCUT2D eigenvalue weighted by atomic mass is 35.5. The van der Waals surface area contributed by atoms with Crippen LogP contribution in [0.1, 0.15) is 31.8 Å². The summed E-state index contributed by atoms with van der Waals surface area (Å²) in [6.45, 7) is 0.773. The summed E-state index contributed by atoms with van der Waals surface area (Å²) in [4.78, 5) is 28.3. The molecule has 0 aromatic heterocycles. The number of nitrogens with one attached hydrogen (secondary N) is 2. The Bertz CT molecular complexity index is 1640. The third-order valence-electron chi connectivity index (χ3n) is 7.17. The molecule has 3 aromatic carbocycles. The van der Waals surface area contributed by atoms with Gasteiger partial charge in [0.15, 0.2) is 12.5 Å². The van der Waals surface area contributed by atoms with Crippen LogP contribution < -0.4 is 15.0 Å². The molecule has 0 aliphatic carbocycles. The molecule has 0 atom stereocenters. The number of benzene rings is 3. The summed E-state index contributed by atoms with van der Waals surface area (Å²) in [6.07, 6.45) is 2.71. The van der Waals surface area contributed by atoms with Gasteiger partial charge in [0.2, 0.25) is 0 Å². The maximum Gasteiger partial charge on any atom is 0.338 e. The summed E-state index contributed by atoms with van der Waals surface area (Å²) in [5.41, 5.74) is 0.496. The predicted molar refractivity (Wildman–Crippen MR) is 159 cm³/mol. The van der Waals surface area contributed by atoms with Crippen molar-refractivity contribution >= 4 is 52.6 Å². The van der Waals surface area contributed by atoms with Crippen LogP contribution in [0.2, 0.25) is 10.0 Å². The Balaban J connectivity index is 1.50. The van der Waals surface area contributed by atoms with Gasteiger partial charge >= 0.3 is 5.97 Å². The minimum Gasteiger partial charge on any atom is -0.478 e. The molecule has 2 aliphatic rings. The van der Waals surface area contributed by atoms with Crippen molar-refractivity contribution in [1.82, 2.24) is 10.2 Å². The van der Waals surface area contributed by atoms with E-state index in [0.29, 0.717) is 16.7 Å². The monoisotopic (exact) mass is 630 g/mol. The molecule has 3 N–H and O–H groups in total. The van der Waals surface area contributed by atoms with Crippen molar-refractivity contribution in [3.05, 3.63) is 86.5 Å². The number of rotatable bonds is 7. The molecule has 5 rings (SSSR count). The molecule has 0 saturated carbocycles. The summed E-state index contributed by atoms with van der Waals surface area (Å²) >= 11 is 12.9. The van der Waals surface area contributed by atoms with Crippen LogP contribution in [0.5, 0.6) is 5.75 Å². The molecule has 224 valence electrons. The Morgan fingerprint density at radius 3 is 2.44 bits per heavy atom. The van der Waals surface area contributed by atoms with Crippen LogP contribution in [0.3, 0.4) is 0 Å². The lowest BCUT2D eigenvalue weighted by atomic mass is 9.96. The van der Waals surface area contributed by atoms with Crippen LogP contribution in [0, 0.1) is 17.0 Å². The quantitative estimate of drug-likeness (QED) is 0.288. The van der Waals surface area contributed by atoms with E-state index in [1.807, 2.05) is 0 Å². The second-order valence-electron chi connectivity index (χ2n) is 9.77. The molecule has 0 radical (unpaired) electrons. The minimum absolute atomic E-state index is 0.0224. The van der Waals surface area contributed by atoms with E-state index in [0.717, 1.165) is 12.3 Å². The van der Waals surface area contributed by atoms with Crippen molar-refractivity contribution in [3.8, 4) is 16.9 Å². The number of aromatic carboxylic acids is 1. The number of halogens is 4. The lowest BCUT2D eigenvalue weighted by Gasteiger charge is -2.32. The molecule has 3 aromatic rings. The van der Waals surface area contributed by atoms with Gasteiger partial charge in [0, 0.05) is 49.3 Å². The number of para-hydroxylation sites is 1. The van der Waals surface area contributed by atoms with E-state index in [1.165, 1.54) is 28.0 Å². The maximum atomic E-state index is 16.1. The average molecular weight is 631 g/mol. The van der Waals surface area contributed by atoms with Crippen LogP contribution in [-0.4, -0.2) is 68.2 Å². The number of amides is 1. The van der Waals surface area contributed by atoms with E-state index in [9.17, 15) is 14.7 Å². The maximum absolute atomic E-state index is 16.1. The van der Waals surface area contributed by atoms with E-state index in [-0.39, 0.29) is 72.2 Å². The lowest BCUT2D eigenvalue weighted by molar-refractivity contribution is 0.0516. The number of carboxylic acids is 1. The number of anilines is 1. The van der Waals surface area contributed by atoms with E-state index in [2.05, 4.69) is 5.32 Å². The van der Waals surface area contributed by atoms with Crippen molar-refractivity contribution in [2.75, 3.05) is 45.0 Å². The van der Waals surface area contributed by atoms with Gasteiger partial charge in [-0.15, -0.1) is 0 Å². The van der Waals surface area contributed by atoms with Crippen molar-refractivity contribution in [2.24, 2.45) is 0 Å². The van der Waals surface area contributed by atoms with Gasteiger partial charge in [0.05, 0.1) is 52.2 Å². The molecule has 13 heteroatoms. The number of allylic oxidation sites excluding steroid dienone is 1. The normalized spacial score (nSPS) is 15.0. The molecule has 0 unspecified atom stereocenters. The molecule has 2 heterocycles. The van der Waals surface area contributed by atoms with E-state index in [1.54, 1.807) is 25.4 Å². The summed E-state index contributed by atoms with van der Waals surface area (Å²) in [6, 6.07) is 8.59. The fraction of sp³-hybridized carbons (Fsp3) is 0.233. The third-order valence-corrected chi connectivity index (χ3v) is 7.77. The van der Waals surface area contributed by atoms with Crippen LogP contribution in [0.25, 0.3) is 16.7 Å². The molecule has 1 saturated heterocycles. The van der Waals surface area contributed by atoms with Gasteiger partial charge in [0.1, 0.15) is 11.6 Å². The summed E-state index contributed by atoms with van der Waals surface area (Å²) < 4.78 is 42.8. The SMILES string of the molecule is CN/C=C(\C=N)c1cc(Cl)c(C(=O)N2COc3c(cccc3-c3c(F)cc(C(=O)O)c(N4CCOCC4)c3F)C2)c(Cl)c1. The Labute approximate surface area is 255 Å². The van der Waals surface area contributed by atoms with Gasteiger partial charge in [-0.05, 0) is 23.8 Å². The zero-order chi connectivity index (χ0) is 30.8. The smallest absolute Gasteiger partial charge is 0.338 e. The van der Waals surface area contributed by atoms with Crippen molar-refractivity contribution in [1.29, 1.82) is 5.41 Å². The van der Waals surface area contributed by atoms with Crippen molar-refractivity contribution in [2.45, 2.75) is 6.54 Å². The van der Waals surface area contributed by atoms with Gasteiger partial charge in [0.25, 0.3) is 5.91 Å². The van der Waals surface area contributed by atoms with Crippen LogP contribution >= 0.6 is 23.2 Å². The number of ether oxygens (including phenoxy) is 2. The first-order valence-electron chi connectivity index (χ1n) is 13.2. The number of carbonyl (C=O) groups is 2. The molecule has 43 heavy (non-hydrogen) atoms. The second-order valence-corrected chi connectivity index (χ2v) is 10.6. The lowest BCUT2D eigenvalue weighted by Crippen LogP contribution is -2.38. The number of fused-ring (bicyclic) bond motifs is 1. The van der Waals surface area contributed by atoms with Gasteiger partial charge in [-0.1, -0.05) is 41.4 Å². The number of nitrogens with zero attached hydrogens (tertiary/aromatic N) is 2.